The van der Waals surface area contributed by atoms with E-state index >= 15 is 0 Å². The SMILES string of the molecule is C[NH+](CCC#N)Cn1nc(-c2ccccc2)n(-c2ccccc2)c1=S. The first-order chi connectivity index (χ1) is 12.2. The van der Waals surface area contributed by atoms with Gasteiger partial charge in [-0.25, -0.2) is 0 Å². The standard InChI is InChI=1S/C19H19N5S/c1-22(14-8-13-20)15-23-19(25)24(17-11-6-3-7-12-17)18(21-23)16-9-4-2-5-10-16/h2-7,9-12H,8,14-15H2,1H3/p+1. The zero-order valence-corrected chi connectivity index (χ0v) is 14.9. The molecule has 3 rings (SSSR count). The Balaban J connectivity index is 2.06. The Bertz CT molecular complexity index is 922. The maximum absolute atomic E-state index is 8.77. The highest BCUT2D eigenvalue weighted by Crippen LogP contribution is 2.22. The van der Waals surface area contributed by atoms with Gasteiger partial charge < -0.3 is 4.90 Å². The van der Waals surface area contributed by atoms with Crippen LogP contribution in [0.15, 0.2) is 60.7 Å². The molecule has 1 atom stereocenters. The molecule has 1 aromatic heterocycles. The molecule has 0 saturated carbocycles. The summed E-state index contributed by atoms with van der Waals surface area (Å²) >= 11 is 5.71. The van der Waals surface area contributed by atoms with Crippen LogP contribution in [0.1, 0.15) is 6.42 Å². The number of hydrogen-bond acceptors (Lipinski definition) is 3. The zero-order chi connectivity index (χ0) is 17.6. The first kappa shape index (κ1) is 17.1. The molecule has 0 amide bonds. The van der Waals surface area contributed by atoms with E-state index in [4.69, 9.17) is 22.6 Å². The number of nitriles is 1. The van der Waals surface area contributed by atoms with Crippen LogP contribution >= 0.6 is 12.2 Å². The molecule has 0 radical (unpaired) electrons. The fourth-order valence-corrected chi connectivity index (χ4v) is 3.00. The third kappa shape index (κ3) is 3.85. The molecule has 0 spiro atoms. The predicted molar refractivity (Wildman–Crippen MR) is 99.8 cm³/mol. The molecule has 1 N–H and O–H groups in total. The van der Waals surface area contributed by atoms with E-state index in [-0.39, 0.29) is 0 Å². The van der Waals surface area contributed by atoms with Gasteiger partial charge in [-0.1, -0.05) is 48.5 Å². The number of nitrogens with zero attached hydrogens (tertiary/aromatic N) is 4. The smallest absolute Gasteiger partial charge is 0.207 e. The van der Waals surface area contributed by atoms with E-state index in [0.29, 0.717) is 17.9 Å². The van der Waals surface area contributed by atoms with Crippen molar-refractivity contribution in [1.82, 2.24) is 14.3 Å². The third-order valence-corrected chi connectivity index (χ3v) is 4.36. The lowest BCUT2D eigenvalue weighted by atomic mass is 10.2. The molecule has 2 aromatic carbocycles. The van der Waals surface area contributed by atoms with Crippen molar-refractivity contribution < 1.29 is 4.90 Å². The lowest BCUT2D eigenvalue weighted by molar-refractivity contribution is -0.903. The molecule has 0 saturated heterocycles. The molecule has 0 aliphatic carbocycles. The van der Waals surface area contributed by atoms with Crippen molar-refractivity contribution in [1.29, 1.82) is 5.26 Å². The summed E-state index contributed by atoms with van der Waals surface area (Å²) in [6.45, 7) is 1.39. The Kier molecular flexibility index (Phi) is 5.39. The second kappa shape index (κ2) is 7.88. The number of quaternary nitrogens is 1. The highest BCUT2D eigenvalue weighted by Gasteiger charge is 2.16. The van der Waals surface area contributed by atoms with Crippen LogP contribution in [0.2, 0.25) is 0 Å². The monoisotopic (exact) mass is 350 g/mol. The van der Waals surface area contributed by atoms with Gasteiger partial charge in [0, 0.05) is 11.3 Å². The van der Waals surface area contributed by atoms with E-state index < -0.39 is 0 Å². The molecule has 5 nitrogen and oxygen atoms in total. The topological polar surface area (TPSA) is 51.0 Å². The summed E-state index contributed by atoms with van der Waals surface area (Å²) < 4.78 is 4.50. The Hall–Kier alpha value is -2.75. The highest BCUT2D eigenvalue weighted by molar-refractivity contribution is 7.71. The fraction of sp³-hybridized carbons (Fsp3) is 0.211. The summed E-state index contributed by atoms with van der Waals surface area (Å²) in [7, 11) is 2.04. The molecular formula is C19H20N5S+. The second-order valence-corrected chi connectivity index (χ2v) is 6.28. The quantitative estimate of drug-likeness (QED) is 0.695. The number of para-hydroxylation sites is 1. The highest BCUT2D eigenvalue weighted by atomic mass is 32.1. The molecule has 1 heterocycles. The van der Waals surface area contributed by atoms with Gasteiger partial charge >= 0.3 is 0 Å². The Morgan fingerprint density at radius 1 is 1.08 bits per heavy atom. The number of aromatic nitrogens is 3. The zero-order valence-electron chi connectivity index (χ0n) is 14.1. The average Bonchev–Trinajstić information content (AvgIpc) is 2.98. The van der Waals surface area contributed by atoms with E-state index in [0.717, 1.165) is 23.6 Å². The normalized spacial score (nSPS) is 11.8. The molecule has 25 heavy (non-hydrogen) atoms. The first-order valence-electron chi connectivity index (χ1n) is 8.19. The summed E-state index contributed by atoms with van der Waals surface area (Å²) in [6.07, 6.45) is 0.518. The van der Waals surface area contributed by atoms with Crippen LogP contribution in [0.25, 0.3) is 17.1 Å². The first-order valence-corrected chi connectivity index (χ1v) is 8.60. The number of hydrogen-bond donors (Lipinski definition) is 1. The van der Waals surface area contributed by atoms with E-state index in [1.165, 1.54) is 4.90 Å². The minimum absolute atomic E-state index is 0.518. The van der Waals surface area contributed by atoms with Gasteiger partial charge in [0.05, 0.1) is 26.1 Å². The molecule has 6 heteroatoms. The van der Waals surface area contributed by atoms with Crippen LogP contribution in [-0.4, -0.2) is 27.9 Å². The van der Waals surface area contributed by atoms with E-state index in [1.807, 2.05) is 77.0 Å². The summed E-state index contributed by atoms with van der Waals surface area (Å²) in [4.78, 5) is 1.19. The van der Waals surface area contributed by atoms with Gasteiger partial charge in [0.25, 0.3) is 0 Å². The summed E-state index contributed by atoms with van der Waals surface area (Å²) in [5.41, 5.74) is 2.01. The Morgan fingerprint density at radius 2 is 1.72 bits per heavy atom. The van der Waals surface area contributed by atoms with Crippen molar-refractivity contribution in [3.8, 4) is 23.1 Å². The molecular weight excluding hydrogens is 330 g/mol. The number of rotatable bonds is 6. The number of benzene rings is 2. The van der Waals surface area contributed by atoms with Gasteiger partial charge in [-0.2, -0.15) is 9.94 Å². The van der Waals surface area contributed by atoms with Crippen LogP contribution < -0.4 is 4.90 Å². The molecule has 3 aromatic rings. The van der Waals surface area contributed by atoms with Crippen LogP contribution in [0.5, 0.6) is 0 Å². The van der Waals surface area contributed by atoms with Crippen LogP contribution in [0.3, 0.4) is 0 Å². The maximum Gasteiger partial charge on any atom is 0.207 e. The largest absolute Gasteiger partial charge is 0.318 e. The van der Waals surface area contributed by atoms with Gasteiger partial charge in [-0.15, -0.1) is 5.10 Å². The van der Waals surface area contributed by atoms with Crippen LogP contribution in [0.4, 0.5) is 0 Å². The lowest BCUT2D eigenvalue weighted by Gasteiger charge is -2.11. The summed E-state index contributed by atoms with van der Waals surface area (Å²) in [6, 6.07) is 22.3. The minimum atomic E-state index is 0.518. The van der Waals surface area contributed by atoms with Crippen molar-refractivity contribution in [3.63, 3.8) is 0 Å². The molecule has 0 aliphatic rings. The lowest BCUT2D eigenvalue weighted by Crippen LogP contribution is -3.08. The fourth-order valence-electron chi connectivity index (χ4n) is 2.70. The average molecular weight is 350 g/mol. The van der Waals surface area contributed by atoms with Crippen molar-refractivity contribution in [3.05, 3.63) is 65.4 Å². The molecule has 0 fully saturated rings. The van der Waals surface area contributed by atoms with Gasteiger partial charge in [-0.05, 0) is 24.4 Å². The Labute approximate surface area is 152 Å². The van der Waals surface area contributed by atoms with Gasteiger partial charge in [0.2, 0.25) is 4.77 Å². The van der Waals surface area contributed by atoms with Crippen molar-refractivity contribution >= 4 is 12.2 Å². The summed E-state index contributed by atoms with van der Waals surface area (Å²) in [5.74, 6) is 0.824. The van der Waals surface area contributed by atoms with Gasteiger partial charge in [-0.3, -0.25) is 4.57 Å². The predicted octanol–water partition coefficient (Wildman–Crippen LogP) is 2.46. The molecule has 1 unspecified atom stereocenters. The molecule has 0 bridgehead atoms. The van der Waals surface area contributed by atoms with Crippen LogP contribution in [-0.2, 0) is 6.67 Å². The Morgan fingerprint density at radius 3 is 2.36 bits per heavy atom. The minimum Gasteiger partial charge on any atom is -0.318 e. The second-order valence-electron chi connectivity index (χ2n) is 5.92. The van der Waals surface area contributed by atoms with E-state index in [9.17, 15) is 0 Å². The van der Waals surface area contributed by atoms with Gasteiger partial charge in [0.15, 0.2) is 12.5 Å². The summed E-state index contributed by atoms with van der Waals surface area (Å²) in [5, 5.41) is 13.5. The maximum atomic E-state index is 8.77. The van der Waals surface area contributed by atoms with Crippen LogP contribution in [0, 0.1) is 16.1 Å². The molecule has 126 valence electrons. The van der Waals surface area contributed by atoms with Crippen molar-refractivity contribution in [2.75, 3.05) is 13.6 Å². The van der Waals surface area contributed by atoms with Crippen molar-refractivity contribution in [2.45, 2.75) is 13.1 Å². The number of nitrogens with one attached hydrogen (secondary N) is 1. The molecule has 0 aliphatic heterocycles. The van der Waals surface area contributed by atoms with E-state index in [2.05, 4.69) is 6.07 Å². The van der Waals surface area contributed by atoms with Crippen molar-refractivity contribution in [2.24, 2.45) is 0 Å². The third-order valence-electron chi connectivity index (χ3n) is 3.97. The van der Waals surface area contributed by atoms with E-state index in [1.54, 1.807) is 0 Å². The van der Waals surface area contributed by atoms with Gasteiger partial charge in [0.1, 0.15) is 0 Å².